The van der Waals surface area contributed by atoms with Gasteiger partial charge in [0.25, 0.3) is 0 Å². The molecule has 0 saturated heterocycles. The van der Waals surface area contributed by atoms with Crippen LogP contribution in [0.5, 0.6) is 0 Å². The van der Waals surface area contributed by atoms with Gasteiger partial charge in [-0.15, -0.1) is 10.2 Å². The predicted octanol–water partition coefficient (Wildman–Crippen LogP) is 3.63. The maximum Gasteiger partial charge on any atom is 0.230 e. The first kappa shape index (κ1) is 23.5. The number of hydrogen-bond donors (Lipinski definition) is 2. The molecule has 0 spiro atoms. The number of nitrogens with one attached hydrogen (secondary N) is 1. The van der Waals surface area contributed by atoms with Crippen LogP contribution in [0.25, 0.3) is 0 Å². The van der Waals surface area contributed by atoms with Crippen LogP contribution in [0, 0.1) is 5.92 Å². The number of primary amides is 1. The molecular weight excluding hydrogens is 433 g/mol. The molecule has 0 aliphatic carbocycles. The molecule has 0 bridgehead atoms. The minimum atomic E-state index is -0.382. The van der Waals surface area contributed by atoms with Crippen molar-refractivity contribution in [3.05, 3.63) is 39.6 Å². The zero-order valence-electron chi connectivity index (χ0n) is 16.6. The van der Waals surface area contributed by atoms with Crippen LogP contribution in [-0.4, -0.2) is 32.3 Å². The van der Waals surface area contributed by atoms with Crippen molar-refractivity contribution in [2.45, 2.75) is 51.4 Å². The van der Waals surface area contributed by atoms with Crippen LogP contribution in [0.15, 0.2) is 23.4 Å². The summed E-state index contributed by atoms with van der Waals surface area (Å²) in [6.45, 7) is 6.72. The van der Waals surface area contributed by atoms with Gasteiger partial charge >= 0.3 is 0 Å². The van der Waals surface area contributed by atoms with Gasteiger partial charge in [-0.3, -0.25) is 9.59 Å². The molecule has 2 rings (SSSR count). The number of carbonyl (C=O) groups excluding carboxylic acids is 2. The molecule has 2 amide bonds. The number of nitrogens with zero attached hydrogens (tertiary/aromatic N) is 3. The van der Waals surface area contributed by atoms with Gasteiger partial charge in [0.2, 0.25) is 11.8 Å². The van der Waals surface area contributed by atoms with Gasteiger partial charge in [-0.25, -0.2) is 0 Å². The highest BCUT2D eigenvalue weighted by atomic mass is 35.5. The second-order valence-corrected chi connectivity index (χ2v) is 8.90. The first-order valence-corrected chi connectivity index (χ1v) is 11.0. The van der Waals surface area contributed by atoms with Crippen LogP contribution in [0.1, 0.15) is 44.6 Å². The molecule has 2 aromatic rings. The fourth-order valence-electron chi connectivity index (χ4n) is 2.74. The molecule has 10 heteroatoms. The van der Waals surface area contributed by atoms with Gasteiger partial charge in [0.1, 0.15) is 5.82 Å². The highest BCUT2D eigenvalue weighted by Crippen LogP contribution is 2.26. The third-order valence-electron chi connectivity index (χ3n) is 4.08. The van der Waals surface area contributed by atoms with Crippen molar-refractivity contribution in [3.63, 3.8) is 0 Å². The van der Waals surface area contributed by atoms with Crippen LogP contribution in [0.3, 0.4) is 0 Å². The lowest BCUT2D eigenvalue weighted by atomic mass is 10.1. The molecule has 1 atom stereocenters. The maximum absolute atomic E-state index is 12.4. The van der Waals surface area contributed by atoms with E-state index >= 15 is 0 Å². The lowest BCUT2D eigenvalue weighted by molar-refractivity contribution is -0.119. The summed E-state index contributed by atoms with van der Waals surface area (Å²) in [5.74, 6) is 0.709. The number of amides is 2. The van der Waals surface area contributed by atoms with Crippen molar-refractivity contribution in [2.24, 2.45) is 11.7 Å². The molecule has 0 aliphatic heterocycles. The van der Waals surface area contributed by atoms with Crippen molar-refractivity contribution in [1.82, 2.24) is 20.1 Å². The molecule has 1 aromatic heterocycles. The average Bonchev–Trinajstić information content (AvgIpc) is 2.99. The fraction of sp³-hybridized carbons (Fsp3) is 0.474. The van der Waals surface area contributed by atoms with Crippen molar-refractivity contribution in [2.75, 3.05) is 5.75 Å². The van der Waals surface area contributed by atoms with Gasteiger partial charge < -0.3 is 15.6 Å². The summed E-state index contributed by atoms with van der Waals surface area (Å²) in [4.78, 5) is 23.5. The Morgan fingerprint density at radius 1 is 1.24 bits per heavy atom. The van der Waals surface area contributed by atoms with E-state index in [0.717, 1.165) is 5.56 Å². The number of thioether (sulfide) groups is 1. The molecule has 0 aliphatic rings. The summed E-state index contributed by atoms with van der Waals surface area (Å²) < 4.78 is 1.95. The van der Waals surface area contributed by atoms with Crippen LogP contribution in [0.4, 0.5) is 0 Å². The SMILES string of the molecule is CC(C)Cn1c(CCC(N)=O)nnc1SCC(=O)NC(C)c1ccc(Cl)cc1Cl. The number of halogens is 2. The van der Waals surface area contributed by atoms with Crippen LogP contribution in [-0.2, 0) is 22.6 Å². The number of hydrogen-bond acceptors (Lipinski definition) is 5. The highest BCUT2D eigenvalue weighted by Gasteiger charge is 2.17. The Hall–Kier alpha value is -1.77. The standard InChI is InChI=1S/C19H25Cl2N5O2S/c1-11(2)9-26-17(7-6-16(22)27)24-25-19(26)29-10-18(28)23-12(3)14-5-4-13(20)8-15(14)21/h4-5,8,11-12H,6-7,9-10H2,1-3H3,(H2,22,27)(H,23,28). The second-order valence-electron chi connectivity index (χ2n) is 7.11. The van der Waals surface area contributed by atoms with Crippen LogP contribution >= 0.6 is 35.0 Å². The summed E-state index contributed by atoms with van der Waals surface area (Å²) in [5.41, 5.74) is 6.04. The molecule has 0 radical (unpaired) electrons. The number of carbonyl (C=O) groups is 2. The van der Waals surface area contributed by atoms with E-state index in [2.05, 4.69) is 29.4 Å². The molecule has 158 valence electrons. The zero-order chi connectivity index (χ0) is 21.6. The molecular formula is C19H25Cl2N5O2S. The fourth-order valence-corrected chi connectivity index (χ4v) is 4.09. The highest BCUT2D eigenvalue weighted by molar-refractivity contribution is 7.99. The van der Waals surface area contributed by atoms with Crippen LogP contribution in [0.2, 0.25) is 10.0 Å². The van der Waals surface area contributed by atoms with Gasteiger partial charge in [-0.05, 0) is 30.5 Å². The summed E-state index contributed by atoms with van der Waals surface area (Å²) in [7, 11) is 0. The summed E-state index contributed by atoms with van der Waals surface area (Å²) in [6.07, 6.45) is 0.634. The van der Waals surface area contributed by atoms with E-state index in [1.54, 1.807) is 18.2 Å². The van der Waals surface area contributed by atoms with Gasteiger partial charge in [0.05, 0.1) is 11.8 Å². The molecule has 0 fully saturated rings. The maximum atomic E-state index is 12.4. The van der Waals surface area contributed by atoms with E-state index in [1.807, 2.05) is 11.5 Å². The normalized spacial score (nSPS) is 12.2. The Kier molecular flexibility index (Phi) is 8.79. The molecule has 7 nitrogen and oxygen atoms in total. The Balaban J connectivity index is 2.00. The number of benzene rings is 1. The molecule has 1 aromatic carbocycles. The smallest absolute Gasteiger partial charge is 0.230 e. The topological polar surface area (TPSA) is 103 Å². The van der Waals surface area contributed by atoms with Gasteiger partial charge in [0.15, 0.2) is 5.16 Å². The predicted molar refractivity (Wildman–Crippen MR) is 116 cm³/mol. The van der Waals surface area contributed by atoms with Gasteiger partial charge in [0, 0.05) is 29.4 Å². The van der Waals surface area contributed by atoms with E-state index in [4.69, 9.17) is 28.9 Å². The van der Waals surface area contributed by atoms with Crippen LogP contribution < -0.4 is 11.1 Å². The minimum absolute atomic E-state index is 0.147. The molecule has 29 heavy (non-hydrogen) atoms. The Bertz CT molecular complexity index is 872. The monoisotopic (exact) mass is 457 g/mol. The van der Waals surface area contributed by atoms with Gasteiger partial charge in [-0.2, -0.15) is 0 Å². The third kappa shape index (κ3) is 7.21. The lowest BCUT2D eigenvalue weighted by Gasteiger charge is -2.16. The van der Waals surface area contributed by atoms with Crippen molar-refractivity contribution in [3.8, 4) is 0 Å². The van der Waals surface area contributed by atoms with E-state index in [9.17, 15) is 9.59 Å². The third-order valence-corrected chi connectivity index (χ3v) is 5.60. The summed E-state index contributed by atoms with van der Waals surface area (Å²) >= 11 is 13.4. The van der Waals surface area contributed by atoms with Crippen molar-refractivity contribution in [1.29, 1.82) is 0 Å². The van der Waals surface area contributed by atoms with Crippen molar-refractivity contribution < 1.29 is 9.59 Å². The van der Waals surface area contributed by atoms with Crippen molar-refractivity contribution >= 4 is 46.8 Å². The summed E-state index contributed by atoms with van der Waals surface area (Å²) in [5, 5.41) is 13.0. The molecule has 1 unspecified atom stereocenters. The first-order valence-electron chi connectivity index (χ1n) is 9.24. The molecule has 1 heterocycles. The average molecular weight is 458 g/mol. The molecule has 0 saturated carbocycles. The Labute approximate surface area is 184 Å². The Morgan fingerprint density at radius 2 is 1.97 bits per heavy atom. The number of aromatic nitrogens is 3. The number of rotatable bonds is 10. The van der Waals surface area contributed by atoms with E-state index in [0.29, 0.717) is 39.9 Å². The quantitative estimate of drug-likeness (QED) is 0.530. The Morgan fingerprint density at radius 3 is 2.59 bits per heavy atom. The first-order chi connectivity index (χ1) is 13.7. The van der Waals surface area contributed by atoms with E-state index < -0.39 is 0 Å². The molecule has 3 N–H and O–H groups in total. The number of aryl methyl sites for hydroxylation is 1. The lowest BCUT2D eigenvalue weighted by Crippen LogP contribution is -2.28. The van der Waals surface area contributed by atoms with Gasteiger partial charge in [-0.1, -0.05) is 54.9 Å². The summed E-state index contributed by atoms with van der Waals surface area (Å²) in [6, 6.07) is 4.93. The van der Waals surface area contributed by atoms with E-state index in [1.165, 1.54) is 11.8 Å². The number of nitrogens with two attached hydrogens (primary N) is 1. The van der Waals surface area contributed by atoms with E-state index in [-0.39, 0.29) is 30.0 Å². The second kappa shape index (κ2) is 10.8. The minimum Gasteiger partial charge on any atom is -0.370 e. The zero-order valence-corrected chi connectivity index (χ0v) is 18.9. The largest absolute Gasteiger partial charge is 0.370 e.